The number of carbonyl (C=O) groups is 2. The van der Waals surface area contributed by atoms with Crippen LogP contribution in [0.2, 0.25) is 0 Å². The maximum atomic E-state index is 11.7. The fourth-order valence-corrected chi connectivity index (χ4v) is 2.25. The van der Waals surface area contributed by atoms with Gasteiger partial charge in [-0.15, -0.1) is 0 Å². The van der Waals surface area contributed by atoms with E-state index in [0.717, 1.165) is 8.95 Å². The molecule has 0 saturated carbocycles. The van der Waals surface area contributed by atoms with Crippen LogP contribution in [0.1, 0.15) is 0 Å². The van der Waals surface area contributed by atoms with Crippen LogP contribution < -0.4 is 21.7 Å². The first-order valence-corrected chi connectivity index (χ1v) is 7.78. The van der Waals surface area contributed by atoms with Crippen molar-refractivity contribution >= 4 is 55.0 Å². The van der Waals surface area contributed by atoms with Gasteiger partial charge in [0.15, 0.2) is 0 Å². The van der Waals surface area contributed by atoms with E-state index in [1.54, 1.807) is 24.3 Å². The molecule has 6 nitrogen and oxygen atoms in total. The van der Waals surface area contributed by atoms with Gasteiger partial charge in [-0.2, -0.15) is 0 Å². The zero-order valence-electron chi connectivity index (χ0n) is 11.2. The molecule has 0 saturated heterocycles. The van der Waals surface area contributed by atoms with Crippen LogP contribution >= 0.6 is 31.9 Å². The fraction of sp³-hybridized carbons (Fsp3) is 0. The third-order valence-electron chi connectivity index (χ3n) is 2.58. The Morgan fingerprint density at radius 3 is 1.41 bits per heavy atom. The molecule has 0 unspecified atom stereocenters. The Kier molecular flexibility index (Phi) is 5.79. The topological polar surface area (TPSA) is 82.3 Å². The van der Waals surface area contributed by atoms with Crippen molar-refractivity contribution in [3.05, 3.63) is 57.5 Å². The van der Waals surface area contributed by atoms with E-state index >= 15 is 0 Å². The van der Waals surface area contributed by atoms with Crippen molar-refractivity contribution in [2.24, 2.45) is 0 Å². The van der Waals surface area contributed by atoms with Gasteiger partial charge in [0, 0.05) is 8.95 Å². The van der Waals surface area contributed by atoms with Crippen molar-refractivity contribution in [1.82, 2.24) is 10.9 Å². The first kappa shape index (κ1) is 16.3. The summed E-state index contributed by atoms with van der Waals surface area (Å²) in [7, 11) is 0. The molecular formula is C14H12Br2N4O2. The predicted molar refractivity (Wildman–Crippen MR) is 91.8 cm³/mol. The van der Waals surface area contributed by atoms with Gasteiger partial charge in [-0.05, 0) is 56.1 Å². The molecule has 2 amide bonds. The van der Waals surface area contributed by atoms with E-state index in [4.69, 9.17) is 0 Å². The van der Waals surface area contributed by atoms with Crippen molar-refractivity contribution in [2.45, 2.75) is 0 Å². The van der Waals surface area contributed by atoms with Gasteiger partial charge in [-0.3, -0.25) is 31.3 Å². The van der Waals surface area contributed by atoms with E-state index in [2.05, 4.69) is 53.6 Å². The number of benzene rings is 2. The second-order valence-corrected chi connectivity index (χ2v) is 5.83. The highest BCUT2D eigenvalue weighted by Gasteiger charge is 2.13. The van der Waals surface area contributed by atoms with E-state index in [-0.39, 0.29) is 0 Å². The lowest BCUT2D eigenvalue weighted by atomic mass is 10.3. The molecule has 22 heavy (non-hydrogen) atoms. The molecule has 2 aromatic carbocycles. The smallest absolute Gasteiger partial charge is 0.297 e. The summed E-state index contributed by atoms with van der Waals surface area (Å²) in [6, 6.07) is 14.4. The number of halogens is 2. The molecule has 0 atom stereocenters. The highest BCUT2D eigenvalue weighted by Crippen LogP contribution is 2.20. The molecule has 0 fully saturated rings. The predicted octanol–water partition coefficient (Wildman–Crippen LogP) is 2.80. The van der Waals surface area contributed by atoms with Gasteiger partial charge >= 0.3 is 11.8 Å². The number of amides is 2. The largest absolute Gasteiger partial charge is 0.329 e. The Morgan fingerprint density at radius 2 is 1.05 bits per heavy atom. The number of hydrazine groups is 2. The molecule has 2 rings (SSSR count). The van der Waals surface area contributed by atoms with Crippen LogP contribution in [0, 0.1) is 0 Å². The van der Waals surface area contributed by atoms with Crippen molar-refractivity contribution < 1.29 is 9.59 Å². The summed E-state index contributed by atoms with van der Waals surface area (Å²) in [5.74, 6) is -1.65. The van der Waals surface area contributed by atoms with Gasteiger partial charge in [0.25, 0.3) is 0 Å². The lowest BCUT2D eigenvalue weighted by Gasteiger charge is -2.11. The minimum absolute atomic E-state index is 0.641. The molecule has 0 aromatic heterocycles. The first-order valence-electron chi connectivity index (χ1n) is 6.19. The van der Waals surface area contributed by atoms with Gasteiger partial charge < -0.3 is 0 Å². The van der Waals surface area contributed by atoms with Gasteiger partial charge in [0.2, 0.25) is 0 Å². The van der Waals surface area contributed by atoms with Gasteiger partial charge in [0.05, 0.1) is 11.4 Å². The van der Waals surface area contributed by atoms with Gasteiger partial charge in [-0.25, -0.2) is 0 Å². The molecule has 0 heterocycles. The first-order chi connectivity index (χ1) is 10.6. The summed E-state index contributed by atoms with van der Waals surface area (Å²) in [6.45, 7) is 0. The molecule has 0 spiro atoms. The molecule has 2 aromatic rings. The summed E-state index contributed by atoms with van der Waals surface area (Å²) in [4.78, 5) is 23.4. The minimum atomic E-state index is -0.824. The monoisotopic (exact) mass is 426 g/mol. The molecular weight excluding hydrogens is 416 g/mol. The second kappa shape index (κ2) is 7.81. The third-order valence-corrected chi connectivity index (χ3v) is 3.96. The van der Waals surface area contributed by atoms with Crippen LogP contribution in [0.5, 0.6) is 0 Å². The molecule has 0 aliphatic heterocycles. The zero-order chi connectivity index (χ0) is 15.9. The van der Waals surface area contributed by atoms with Crippen molar-refractivity contribution in [2.75, 3.05) is 10.9 Å². The fourth-order valence-electron chi connectivity index (χ4n) is 1.49. The molecule has 4 N–H and O–H groups in total. The van der Waals surface area contributed by atoms with E-state index < -0.39 is 11.8 Å². The molecule has 0 aliphatic carbocycles. The quantitative estimate of drug-likeness (QED) is 0.446. The Morgan fingerprint density at radius 1 is 0.682 bits per heavy atom. The number of para-hydroxylation sites is 2. The van der Waals surface area contributed by atoms with Gasteiger partial charge in [0.1, 0.15) is 0 Å². The minimum Gasteiger partial charge on any atom is -0.297 e. The summed E-state index contributed by atoms with van der Waals surface area (Å²) in [5, 5.41) is 0. The summed E-state index contributed by atoms with van der Waals surface area (Å²) in [5.41, 5.74) is 11.2. The molecule has 0 aliphatic rings. The number of rotatable bonds is 4. The van der Waals surface area contributed by atoms with E-state index in [0.29, 0.717) is 11.4 Å². The summed E-state index contributed by atoms with van der Waals surface area (Å²) >= 11 is 6.64. The number of nitrogens with one attached hydrogen (secondary N) is 4. The van der Waals surface area contributed by atoms with Crippen molar-refractivity contribution in [3.63, 3.8) is 0 Å². The Hall–Kier alpha value is -2.06. The van der Waals surface area contributed by atoms with Crippen LogP contribution in [0.15, 0.2) is 57.5 Å². The normalized spacial score (nSPS) is 9.73. The molecule has 0 bridgehead atoms. The molecule has 114 valence electrons. The van der Waals surface area contributed by atoms with Crippen LogP contribution in [0.4, 0.5) is 11.4 Å². The molecule has 0 radical (unpaired) electrons. The number of anilines is 2. The number of carbonyl (C=O) groups excluding carboxylic acids is 2. The maximum Gasteiger partial charge on any atom is 0.329 e. The third kappa shape index (κ3) is 4.47. The Labute approximate surface area is 143 Å². The van der Waals surface area contributed by atoms with Gasteiger partial charge in [-0.1, -0.05) is 24.3 Å². The standard InChI is InChI=1S/C14H12Br2N4O2/c15-9-5-1-3-7-11(9)17-19-13(21)14(22)20-18-12-8-4-2-6-10(12)16/h1-8,17-18H,(H,19,21)(H,20,22). The van der Waals surface area contributed by atoms with Crippen LogP contribution in [-0.2, 0) is 9.59 Å². The highest BCUT2D eigenvalue weighted by molar-refractivity contribution is 9.11. The van der Waals surface area contributed by atoms with Crippen LogP contribution in [-0.4, -0.2) is 11.8 Å². The number of hydrogen-bond acceptors (Lipinski definition) is 4. The second-order valence-electron chi connectivity index (χ2n) is 4.12. The SMILES string of the molecule is O=C(NNc1ccccc1Br)C(=O)NNc1ccccc1Br. The van der Waals surface area contributed by atoms with Crippen LogP contribution in [0.3, 0.4) is 0 Å². The lowest BCUT2D eigenvalue weighted by Crippen LogP contribution is -2.44. The average molecular weight is 428 g/mol. The average Bonchev–Trinajstić information content (AvgIpc) is 2.52. The Balaban J connectivity index is 1.84. The van der Waals surface area contributed by atoms with Crippen LogP contribution in [0.25, 0.3) is 0 Å². The number of hydrogen-bond donors (Lipinski definition) is 4. The summed E-state index contributed by atoms with van der Waals surface area (Å²) < 4.78 is 1.53. The van der Waals surface area contributed by atoms with E-state index in [1.165, 1.54) is 0 Å². The zero-order valence-corrected chi connectivity index (χ0v) is 14.4. The van der Waals surface area contributed by atoms with Crippen molar-refractivity contribution in [3.8, 4) is 0 Å². The van der Waals surface area contributed by atoms with E-state index in [9.17, 15) is 9.59 Å². The van der Waals surface area contributed by atoms with Crippen molar-refractivity contribution in [1.29, 1.82) is 0 Å². The lowest BCUT2D eigenvalue weighted by molar-refractivity contribution is -0.138. The summed E-state index contributed by atoms with van der Waals surface area (Å²) in [6.07, 6.45) is 0. The maximum absolute atomic E-state index is 11.7. The van der Waals surface area contributed by atoms with E-state index in [1.807, 2.05) is 24.3 Å². The highest BCUT2D eigenvalue weighted by atomic mass is 79.9. The molecule has 8 heteroatoms. The Bertz CT molecular complexity index is 635.